The molecule has 0 radical (unpaired) electrons. The van der Waals surface area contributed by atoms with E-state index < -0.39 is 5.91 Å². The zero-order valence-corrected chi connectivity index (χ0v) is 19.7. The minimum absolute atomic E-state index is 0.00251. The summed E-state index contributed by atoms with van der Waals surface area (Å²) in [5.41, 5.74) is 7.19. The van der Waals surface area contributed by atoms with E-state index in [-0.39, 0.29) is 32.3 Å². The molecule has 3 aromatic rings. The zero-order chi connectivity index (χ0) is 23.0. The first kappa shape index (κ1) is 22.8. The van der Waals surface area contributed by atoms with Gasteiger partial charge in [-0.1, -0.05) is 35.3 Å². The Morgan fingerprint density at radius 1 is 1.19 bits per heavy atom. The van der Waals surface area contributed by atoms with E-state index in [0.717, 1.165) is 49.6 Å². The Balaban J connectivity index is 1.60. The predicted octanol–water partition coefficient (Wildman–Crippen LogP) is 4.01. The van der Waals surface area contributed by atoms with Crippen molar-refractivity contribution in [2.24, 2.45) is 5.73 Å². The van der Waals surface area contributed by atoms with Crippen molar-refractivity contribution in [1.82, 2.24) is 9.80 Å². The second-order valence-corrected chi connectivity index (χ2v) is 9.61. The number of carbonyl (C=O) groups is 2. The molecule has 4 rings (SSSR count). The molecular weight excluding hydrogens is 471 g/mol. The quantitative estimate of drug-likeness (QED) is 0.499. The number of hydrogen-bond donors (Lipinski definition) is 3. The maximum absolute atomic E-state index is 13.0. The third-order valence-electron chi connectivity index (χ3n) is 5.51. The maximum Gasteiger partial charge on any atom is 0.256 e. The third kappa shape index (κ3) is 4.55. The van der Waals surface area contributed by atoms with Crippen LogP contribution in [0.1, 0.15) is 26.3 Å². The highest BCUT2D eigenvalue weighted by Crippen LogP contribution is 2.46. The Hall–Kier alpha value is -2.36. The molecule has 7 nitrogen and oxygen atoms in total. The number of amides is 2. The molecule has 0 unspecified atom stereocenters. The Morgan fingerprint density at radius 2 is 1.91 bits per heavy atom. The smallest absolute Gasteiger partial charge is 0.256 e. The van der Waals surface area contributed by atoms with Crippen molar-refractivity contribution < 1.29 is 14.7 Å². The molecule has 32 heavy (non-hydrogen) atoms. The highest BCUT2D eigenvalue weighted by atomic mass is 35.5. The van der Waals surface area contributed by atoms with Crippen LogP contribution in [0.15, 0.2) is 30.3 Å². The van der Waals surface area contributed by atoms with Crippen LogP contribution in [0.5, 0.6) is 5.75 Å². The van der Waals surface area contributed by atoms with Gasteiger partial charge in [0.1, 0.15) is 10.0 Å². The topological polar surface area (TPSA) is 98.9 Å². The molecule has 1 fully saturated rings. The van der Waals surface area contributed by atoms with Gasteiger partial charge >= 0.3 is 0 Å². The highest BCUT2D eigenvalue weighted by Gasteiger charge is 2.23. The van der Waals surface area contributed by atoms with E-state index in [1.54, 1.807) is 6.07 Å². The first-order valence-corrected chi connectivity index (χ1v) is 11.6. The minimum Gasteiger partial charge on any atom is -0.505 e. The van der Waals surface area contributed by atoms with E-state index in [2.05, 4.69) is 22.2 Å². The van der Waals surface area contributed by atoms with Crippen molar-refractivity contribution in [2.75, 3.05) is 38.5 Å². The molecule has 0 bridgehead atoms. The number of thiophene rings is 1. The largest absolute Gasteiger partial charge is 0.505 e. The molecular formula is C22H22Cl2N4O3S. The summed E-state index contributed by atoms with van der Waals surface area (Å²) in [7, 11) is 2.11. The molecule has 2 heterocycles. The van der Waals surface area contributed by atoms with Crippen LogP contribution >= 0.6 is 34.5 Å². The summed E-state index contributed by atoms with van der Waals surface area (Å²) in [6.45, 7) is 4.76. The molecule has 0 saturated carbocycles. The number of aromatic hydroxyl groups is 1. The average molecular weight is 493 g/mol. The Bertz CT molecular complexity index is 1210. The normalized spacial score (nSPS) is 15.2. The molecule has 1 saturated heterocycles. The van der Waals surface area contributed by atoms with Gasteiger partial charge in [0.25, 0.3) is 11.8 Å². The van der Waals surface area contributed by atoms with Crippen LogP contribution in [0.4, 0.5) is 5.00 Å². The molecule has 4 N–H and O–H groups in total. The molecule has 2 amide bonds. The number of phenols is 1. The van der Waals surface area contributed by atoms with Crippen LogP contribution in [0.25, 0.3) is 10.1 Å². The van der Waals surface area contributed by atoms with Gasteiger partial charge in [-0.2, -0.15) is 0 Å². The van der Waals surface area contributed by atoms with Gasteiger partial charge < -0.3 is 21.1 Å². The summed E-state index contributed by atoms with van der Waals surface area (Å²) in [4.78, 5) is 29.8. The molecule has 10 heteroatoms. The van der Waals surface area contributed by atoms with Gasteiger partial charge in [-0.15, -0.1) is 11.3 Å². The highest BCUT2D eigenvalue weighted by molar-refractivity contribution is 7.24. The number of phenolic OH excluding ortho intramolecular Hbond substituents is 1. The average Bonchev–Trinajstić information content (AvgIpc) is 3.12. The van der Waals surface area contributed by atoms with Crippen LogP contribution in [0.3, 0.4) is 0 Å². The predicted molar refractivity (Wildman–Crippen MR) is 129 cm³/mol. The van der Waals surface area contributed by atoms with Crippen molar-refractivity contribution in [3.05, 3.63) is 57.1 Å². The van der Waals surface area contributed by atoms with Crippen LogP contribution in [0.2, 0.25) is 10.0 Å². The van der Waals surface area contributed by atoms with Crippen molar-refractivity contribution in [3.63, 3.8) is 0 Å². The number of hydrogen-bond acceptors (Lipinski definition) is 6. The minimum atomic E-state index is -0.729. The first-order valence-electron chi connectivity index (χ1n) is 9.99. The van der Waals surface area contributed by atoms with Crippen molar-refractivity contribution in [2.45, 2.75) is 6.54 Å². The molecule has 0 atom stereocenters. The van der Waals surface area contributed by atoms with Crippen molar-refractivity contribution >= 4 is 61.4 Å². The van der Waals surface area contributed by atoms with Crippen LogP contribution in [-0.2, 0) is 6.54 Å². The summed E-state index contributed by atoms with van der Waals surface area (Å²) in [5, 5.41) is 13.4. The van der Waals surface area contributed by atoms with E-state index in [9.17, 15) is 14.7 Å². The lowest BCUT2D eigenvalue weighted by molar-refractivity contribution is 0.100. The molecule has 168 valence electrons. The molecule has 2 aromatic carbocycles. The fourth-order valence-electron chi connectivity index (χ4n) is 3.74. The van der Waals surface area contributed by atoms with Gasteiger partial charge in [-0.3, -0.25) is 14.5 Å². The van der Waals surface area contributed by atoms with E-state index in [0.29, 0.717) is 15.6 Å². The summed E-state index contributed by atoms with van der Waals surface area (Å²) < 4.78 is 0.418. The van der Waals surface area contributed by atoms with E-state index in [4.69, 9.17) is 28.9 Å². The third-order valence-corrected chi connectivity index (χ3v) is 7.42. The monoisotopic (exact) mass is 492 g/mol. The van der Waals surface area contributed by atoms with Crippen LogP contribution in [-0.4, -0.2) is 59.9 Å². The number of halogens is 2. The number of carbonyl (C=O) groups excluding carboxylic acids is 2. The number of rotatable bonds is 5. The summed E-state index contributed by atoms with van der Waals surface area (Å²) in [6.07, 6.45) is 0. The number of primary amides is 1. The Labute approximate surface area is 199 Å². The van der Waals surface area contributed by atoms with E-state index in [1.165, 1.54) is 6.07 Å². The number of anilines is 1. The van der Waals surface area contributed by atoms with Gasteiger partial charge in [0.05, 0.1) is 15.3 Å². The molecule has 1 aromatic heterocycles. The zero-order valence-electron chi connectivity index (χ0n) is 17.3. The molecule has 1 aliphatic rings. The number of benzene rings is 2. The van der Waals surface area contributed by atoms with Crippen LogP contribution < -0.4 is 11.1 Å². The molecule has 0 aliphatic carbocycles. The summed E-state index contributed by atoms with van der Waals surface area (Å²) in [6, 6.07) is 8.82. The SMILES string of the molecule is CN1CCN(Cc2cccc(C(=O)Nc3sc4c(Cl)c(O)c(Cl)cc4c3C(N)=O)c2)CC1. The number of likely N-dealkylation sites (N-methyl/N-ethyl adjacent to an activating group) is 1. The molecule has 0 spiro atoms. The van der Waals surface area contributed by atoms with Gasteiger partial charge in [-0.25, -0.2) is 0 Å². The molecule has 1 aliphatic heterocycles. The first-order chi connectivity index (χ1) is 15.2. The number of nitrogens with zero attached hydrogens (tertiary/aromatic N) is 2. The standard InChI is InChI=1S/C22H22Cl2N4O3S/c1-27-5-7-28(8-6-27)11-12-3-2-4-13(9-12)21(31)26-22-16(20(25)30)14-10-15(23)18(29)17(24)19(14)32-22/h2-4,9-10,29H,5-8,11H2,1H3,(H2,25,30)(H,26,31). The Kier molecular flexibility index (Phi) is 6.60. The summed E-state index contributed by atoms with van der Waals surface area (Å²) >= 11 is 13.3. The van der Waals surface area contributed by atoms with E-state index in [1.807, 2.05) is 18.2 Å². The lowest BCUT2D eigenvalue weighted by atomic mass is 10.1. The number of nitrogens with two attached hydrogens (primary N) is 1. The van der Waals surface area contributed by atoms with Crippen molar-refractivity contribution in [3.8, 4) is 5.75 Å². The van der Waals surface area contributed by atoms with Gasteiger partial charge in [0.2, 0.25) is 0 Å². The maximum atomic E-state index is 13.0. The number of nitrogens with one attached hydrogen (secondary N) is 1. The van der Waals surface area contributed by atoms with Crippen molar-refractivity contribution in [1.29, 1.82) is 0 Å². The number of piperazine rings is 1. The number of fused-ring (bicyclic) bond motifs is 1. The summed E-state index contributed by atoms with van der Waals surface area (Å²) in [5.74, 6) is -1.38. The van der Waals surface area contributed by atoms with Crippen LogP contribution in [0, 0.1) is 0 Å². The van der Waals surface area contributed by atoms with E-state index >= 15 is 0 Å². The Morgan fingerprint density at radius 3 is 2.59 bits per heavy atom. The van der Waals surface area contributed by atoms with Gasteiger partial charge in [0.15, 0.2) is 5.75 Å². The lowest BCUT2D eigenvalue weighted by Gasteiger charge is -2.32. The van der Waals surface area contributed by atoms with Gasteiger partial charge in [-0.05, 0) is 30.8 Å². The lowest BCUT2D eigenvalue weighted by Crippen LogP contribution is -2.43. The fraction of sp³-hybridized carbons (Fsp3) is 0.273. The fourth-order valence-corrected chi connectivity index (χ4v) is 5.42. The second-order valence-electron chi connectivity index (χ2n) is 7.80. The van der Waals surface area contributed by atoms with Gasteiger partial charge in [0, 0.05) is 43.7 Å². The second kappa shape index (κ2) is 9.25.